The maximum atomic E-state index is 13.5. The average molecular weight is 278 g/mol. The van der Waals surface area contributed by atoms with Crippen molar-refractivity contribution in [1.29, 1.82) is 0 Å². The van der Waals surface area contributed by atoms with Gasteiger partial charge >= 0.3 is 0 Å². The number of halogens is 2. The lowest BCUT2D eigenvalue weighted by atomic mass is 10.1. The van der Waals surface area contributed by atoms with Crippen molar-refractivity contribution in [2.24, 2.45) is 0 Å². The Morgan fingerprint density at radius 2 is 2.00 bits per heavy atom. The van der Waals surface area contributed by atoms with Crippen LogP contribution in [-0.4, -0.2) is 5.91 Å². The molecule has 2 rings (SSSR count). The van der Waals surface area contributed by atoms with Gasteiger partial charge in [0.05, 0.1) is 5.56 Å². The lowest BCUT2D eigenvalue weighted by Crippen LogP contribution is -2.24. The van der Waals surface area contributed by atoms with Gasteiger partial charge in [0.15, 0.2) is 0 Å². The zero-order chi connectivity index (χ0) is 13.8. The molecule has 0 spiro atoms. The van der Waals surface area contributed by atoms with E-state index < -0.39 is 11.7 Å². The molecule has 0 bridgehead atoms. The largest absolute Gasteiger partial charge is 0.348 e. The first-order valence-corrected chi connectivity index (χ1v) is 6.23. The van der Waals surface area contributed by atoms with Crippen LogP contribution < -0.4 is 5.32 Å². The summed E-state index contributed by atoms with van der Waals surface area (Å²) < 4.78 is 13.5. The second kappa shape index (κ2) is 5.85. The third-order valence-corrected chi connectivity index (χ3v) is 3.11. The number of rotatable bonds is 3. The molecule has 2 nitrogen and oxygen atoms in total. The molecule has 0 atom stereocenters. The Morgan fingerprint density at radius 3 is 2.74 bits per heavy atom. The van der Waals surface area contributed by atoms with E-state index in [1.807, 2.05) is 31.2 Å². The molecule has 1 amide bonds. The molecule has 2 aromatic carbocycles. The van der Waals surface area contributed by atoms with E-state index in [-0.39, 0.29) is 5.56 Å². The number of aryl methyl sites for hydroxylation is 1. The monoisotopic (exact) mass is 277 g/mol. The fraction of sp³-hybridized carbons (Fsp3) is 0.133. The van der Waals surface area contributed by atoms with E-state index in [9.17, 15) is 9.18 Å². The van der Waals surface area contributed by atoms with E-state index in [4.69, 9.17) is 11.6 Å². The van der Waals surface area contributed by atoms with Crippen LogP contribution in [-0.2, 0) is 6.54 Å². The van der Waals surface area contributed by atoms with E-state index >= 15 is 0 Å². The maximum Gasteiger partial charge on any atom is 0.254 e. The van der Waals surface area contributed by atoms with Crippen molar-refractivity contribution in [3.8, 4) is 0 Å². The summed E-state index contributed by atoms with van der Waals surface area (Å²) in [6.45, 7) is 2.32. The minimum atomic E-state index is -0.577. The molecule has 19 heavy (non-hydrogen) atoms. The highest BCUT2D eigenvalue weighted by atomic mass is 35.5. The highest BCUT2D eigenvalue weighted by Crippen LogP contribution is 2.15. The summed E-state index contributed by atoms with van der Waals surface area (Å²) in [4.78, 5) is 11.9. The van der Waals surface area contributed by atoms with Gasteiger partial charge in [-0.05, 0) is 36.2 Å². The van der Waals surface area contributed by atoms with Crippen LogP contribution >= 0.6 is 11.6 Å². The number of benzene rings is 2. The number of nitrogens with one attached hydrogen (secondary N) is 1. The topological polar surface area (TPSA) is 29.1 Å². The fourth-order valence-electron chi connectivity index (χ4n) is 1.75. The molecule has 0 saturated heterocycles. The Hall–Kier alpha value is -1.87. The summed E-state index contributed by atoms with van der Waals surface area (Å²) in [7, 11) is 0. The van der Waals surface area contributed by atoms with E-state index in [0.29, 0.717) is 11.6 Å². The molecule has 2 aromatic rings. The molecule has 0 unspecified atom stereocenters. The van der Waals surface area contributed by atoms with Crippen LogP contribution in [0.25, 0.3) is 0 Å². The molecule has 98 valence electrons. The number of hydrogen-bond acceptors (Lipinski definition) is 1. The second-order valence-electron chi connectivity index (χ2n) is 4.23. The van der Waals surface area contributed by atoms with Gasteiger partial charge in [-0.25, -0.2) is 4.39 Å². The summed E-state index contributed by atoms with van der Waals surface area (Å²) in [6.07, 6.45) is 0. The molecule has 0 heterocycles. The lowest BCUT2D eigenvalue weighted by molar-refractivity contribution is 0.0947. The predicted molar refractivity (Wildman–Crippen MR) is 73.8 cm³/mol. The summed E-state index contributed by atoms with van der Waals surface area (Å²) in [5, 5.41) is 3.02. The van der Waals surface area contributed by atoms with Crippen molar-refractivity contribution in [3.63, 3.8) is 0 Å². The molecule has 4 heteroatoms. The van der Waals surface area contributed by atoms with Crippen molar-refractivity contribution >= 4 is 17.5 Å². The Labute approximate surface area is 116 Å². The second-order valence-corrected chi connectivity index (χ2v) is 4.67. The Bertz CT molecular complexity index is 613. The van der Waals surface area contributed by atoms with Crippen LogP contribution in [0.5, 0.6) is 0 Å². The van der Waals surface area contributed by atoms with E-state index in [1.54, 1.807) is 0 Å². The van der Waals surface area contributed by atoms with Crippen LogP contribution in [0.2, 0.25) is 5.02 Å². The van der Waals surface area contributed by atoms with Gasteiger partial charge in [-0.2, -0.15) is 0 Å². The Balaban J connectivity index is 2.10. The minimum Gasteiger partial charge on any atom is -0.348 e. The average Bonchev–Trinajstić information content (AvgIpc) is 2.40. The van der Waals surface area contributed by atoms with Gasteiger partial charge in [0.2, 0.25) is 0 Å². The molecular weight excluding hydrogens is 265 g/mol. The van der Waals surface area contributed by atoms with Crippen LogP contribution in [0.15, 0.2) is 42.5 Å². The van der Waals surface area contributed by atoms with Crippen LogP contribution in [0, 0.1) is 12.7 Å². The minimum absolute atomic E-state index is 0.0407. The molecule has 0 aliphatic rings. The quantitative estimate of drug-likeness (QED) is 0.910. The SMILES string of the molecule is Cc1ccccc1CNC(=O)c1cc(Cl)ccc1F. The van der Waals surface area contributed by atoms with Crippen molar-refractivity contribution in [1.82, 2.24) is 5.32 Å². The third-order valence-electron chi connectivity index (χ3n) is 2.87. The van der Waals surface area contributed by atoms with Gasteiger partial charge < -0.3 is 5.32 Å². The first-order chi connectivity index (χ1) is 9.08. The molecule has 0 fully saturated rings. The van der Waals surface area contributed by atoms with Gasteiger partial charge in [-0.15, -0.1) is 0 Å². The summed E-state index contributed by atoms with van der Waals surface area (Å²) in [6, 6.07) is 11.6. The normalized spacial score (nSPS) is 10.3. The van der Waals surface area contributed by atoms with Gasteiger partial charge in [0.25, 0.3) is 5.91 Å². The van der Waals surface area contributed by atoms with E-state index in [2.05, 4.69) is 5.32 Å². The smallest absolute Gasteiger partial charge is 0.254 e. The molecule has 0 saturated carbocycles. The van der Waals surface area contributed by atoms with Gasteiger partial charge in [-0.1, -0.05) is 35.9 Å². The van der Waals surface area contributed by atoms with Gasteiger partial charge in [0.1, 0.15) is 5.82 Å². The number of amides is 1. The standard InChI is InChI=1S/C15H13ClFNO/c1-10-4-2-3-5-11(10)9-18-15(19)13-8-12(16)6-7-14(13)17/h2-8H,9H2,1H3,(H,18,19). The van der Waals surface area contributed by atoms with Crippen molar-refractivity contribution in [3.05, 3.63) is 70.0 Å². The Morgan fingerprint density at radius 1 is 1.26 bits per heavy atom. The molecule has 1 N–H and O–H groups in total. The number of hydrogen-bond donors (Lipinski definition) is 1. The van der Waals surface area contributed by atoms with Crippen molar-refractivity contribution < 1.29 is 9.18 Å². The summed E-state index contributed by atoms with van der Waals surface area (Å²) >= 11 is 5.76. The first kappa shape index (κ1) is 13.6. The van der Waals surface area contributed by atoms with Crippen molar-refractivity contribution in [2.75, 3.05) is 0 Å². The van der Waals surface area contributed by atoms with E-state index in [0.717, 1.165) is 11.1 Å². The zero-order valence-electron chi connectivity index (χ0n) is 10.4. The summed E-state index contributed by atoms with van der Waals surface area (Å²) in [5.41, 5.74) is 2.04. The van der Waals surface area contributed by atoms with Crippen LogP contribution in [0.1, 0.15) is 21.5 Å². The molecule has 0 aliphatic carbocycles. The summed E-state index contributed by atoms with van der Waals surface area (Å²) in [5.74, 6) is -1.05. The fourth-order valence-corrected chi connectivity index (χ4v) is 1.92. The molecular formula is C15H13ClFNO. The molecule has 0 aliphatic heterocycles. The van der Waals surface area contributed by atoms with Crippen LogP contribution in [0.3, 0.4) is 0 Å². The van der Waals surface area contributed by atoms with Crippen LogP contribution in [0.4, 0.5) is 4.39 Å². The number of carbonyl (C=O) groups excluding carboxylic acids is 1. The maximum absolute atomic E-state index is 13.5. The van der Waals surface area contributed by atoms with Gasteiger partial charge in [0, 0.05) is 11.6 Å². The number of carbonyl (C=O) groups is 1. The third kappa shape index (κ3) is 3.32. The van der Waals surface area contributed by atoms with E-state index in [1.165, 1.54) is 18.2 Å². The zero-order valence-corrected chi connectivity index (χ0v) is 11.2. The Kier molecular flexibility index (Phi) is 4.17. The molecule has 0 radical (unpaired) electrons. The molecule has 0 aromatic heterocycles. The lowest BCUT2D eigenvalue weighted by Gasteiger charge is -2.08. The highest BCUT2D eigenvalue weighted by molar-refractivity contribution is 6.30. The van der Waals surface area contributed by atoms with Gasteiger partial charge in [-0.3, -0.25) is 4.79 Å². The van der Waals surface area contributed by atoms with Crippen molar-refractivity contribution in [2.45, 2.75) is 13.5 Å². The first-order valence-electron chi connectivity index (χ1n) is 5.85. The predicted octanol–water partition coefficient (Wildman–Crippen LogP) is 3.72. The highest BCUT2D eigenvalue weighted by Gasteiger charge is 2.12.